The number of carbonyl (C=O) groups is 1. The molecule has 0 unspecified atom stereocenters. The number of amides is 1. The molecule has 4 rings (SSSR count). The molecule has 0 bridgehead atoms. The number of hydrazone groups is 1. The molecule has 2 heterocycles. The summed E-state index contributed by atoms with van der Waals surface area (Å²) < 4.78 is 7.92. The van der Waals surface area contributed by atoms with Crippen molar-refractivity contribution in [1.29, 1.82) is 0 Å². The lowest BCUT2D eigenvalue weighted by atomic mass is 10.0. The summed E-state index contributed by atoms with van der Waals surface area (Å²) in [7, 11) is 1.83. The highest BCUT2D eigenvalue weighted by Gasteiger charge is 2.55. The van der Waals surface area contributed by atoms with E-state index in [-0.39, 0.29) is 18.1 Å². The molecular formula is C19H19N2O2+. The van der Waals surface area contributed by atoms with Gasteiger partial charge in [0.1, 0.15) is 5.92 Å². The average Bonchev–Trinajstić information content (AvgIpc) is 3.16. The van der Waals surface area contributed by atoms with Crippen molar-refractivity contribution in [2.45, 2.75) is 12.6 Å². The molecule has 2 aromatic carbocycles. The third-order valence-electron chi connectivity index (χ3n) is 4.59. The number of fused-ring (bicyclic) bond motifs is 1. The van der Waals surface area contributed by atoms with E-state index in [4.69, 9.17) is 4.74 Å². The lowest BCUT2D eigenvalue weighted by Crippen LogP contribution is -2.38. The quantitative estimate of drug-likeness (QED) is 0.798. The van der Waals surface area contributed by atoms with Gasteiger partial charge in [-0.1, -0.05) is 41.1 Å². The van der Waals surface area contributed by atoms with Gasteiger partial charge >= 0.3 is 0 Å². The fourth-order valence-electron chi connectivity index (χ4n) is 3.48. The zero-order chi connectivity index (χ0) is 15.8. The molecule has 2 aromatic rings. The van der Waals surface area contributed by atoms with Crippen molar-refractivity contribution in [3.05, 3.63) is 71.8 Å². The monoisotopic (exact) mass is 307 g/mol. The van der Waals surface area contributed by atoms with Crippen LogP contribution in [0.5, 0.6) is 0 Å². The highest BCUT2D eigenvalue weighted by molar-refractivity contribution is 6.10. The second kappa shape index (κ2) is 5.63. The second-order valence-corrected chi connectivity index (χ2v) is 5.94. The third-order valence-corrected chi connectivity index (χ3v) is 4.59. The van der Waals surface area contributed by atoms with Crippen LogP contribution in [0.15, 0.2) is 60.7 Å². The first-order valence-electron chi connectivity index (χ1n) is 7.93. The fourth-order valence-corrected chi connectivity index (χ4v) is 3.48. The van der Waals surface area contributed by atoms with Gasteiger partial charge in [-0.05, 0) is 30.7 Å². The predicted molar refractivity (Wildman–Crippen MR) is 87.0 cm³/mol. The van der Waals surface area contributed by atoms with Crippen LogP contribution in [0.1, 0.15) is 17.5 Å². The van der Waals surface area contributed by atoms with E-state index in [0.717, 1.165) is 23.3 Å². The first kappa shape index (κ1) is 14.2. The van der Waals surface area contributed by atoms with Crippen LogP contribution < -0.4 is 0 Å². The van der Waals surface area contributed by atoms with Gasteiger partial charge in [-0.2, -0.15) is 0 Å². The topological polar surface area (TPSA) is 32.6 Å². The van der Waals surface area contributed by atoms with Crippen molar-refractivity contribution in [3.63, 3.8) is 0 Å². The minimum atomic E-state index is -0.206. The van der Waals surface area contributed by atoms with E-state index in [1.807, 2.05) is 48.1 Å². The molecule has 116 valence electrons. The van der Waals surface area contributed by atoms with Gasteiger partial charge in [-0.25, -0.2) is 0 Å². The van der Waals surface area contributed by atoms with Crippen LogP contribution in [0, 0.1) is 5.92 Å². The van der Waals surface area contributed by atoms with Gasteiger partial charge in [-0.3, -0.25) is 4.79 Å². The average molecular weight is 307 g/mol. The summed E-state index contributed by atoms with van der Waals surface area (Å²) in [5.41, 5.74) is 3.17. The molecule has 4 nitrogen and oxygen atoms in total. The number of ether oxygens (including phenoxy) is 1. The van der Waals surface area contributed by atoms with Crippen molar-refractivity contribution < 1.29 is 14.2 Å². The Morgan fingerprint density at radius 2 is 1.61 bits per heavy atom. The molecule has 0 spiro atoms. The molecule has 2 fully saturated rings. The largest absolute Gasteiger partial charge is 0.319 e. The minimum Gasteiger partial charge on any atom is -0.319 e. The van der Waals surface area contributed by atoms with E-state index < -0.39 is 0 Å². The van der Waals surface area contributed by atoms with Crippen molar-refractivity contribution in [1.82, 2.24) is 5.01 Å². The first-order chi connectivity index (χ1) is 11.3. The van der Waals surface area contributed by atoms with Crippen LogP contribution in [0.4, 0.5) is 0 Å². The number of nitrogens with zero attached hydrogens (tertiary/aromatic N) is 2. The molecule has 23 heavy (non-hydrogen) atoms. The maximum absolute atomic E-state index is 12.6. The van der Waals surface area contributed by atoms with Gasteiger partial charge in [0.05, 0.1) is 13.7 Å². The summed E-state index contributed by atoms with van der Waals surface area (Å²) in [5.74, 6) is 0.0688. The lowest BCUT2D eigenvalue weighted by molar-refractivity contribution is -0.708. The van der Waals surface area contributed by atoms with E-state index in [9.17, 15) is 4.79 Å². The fraction of sp³-hybridized carbons (Fsp3) is 0.263. The van der Waals surface area contributed by atoms with E-state index in [1.54, 1.807) is 5.01 Å². The van der Waals surface area contributed by atoms with Crippen LogP contribution in [-0.4, -0.2) is 41.2 Å². The molecule has 2 aliphatic rings. The highest BCUT2D eigenvalue weighted by Crippen LogP contribution is 2.32. The summed E-state index contributed by atoms with van der Waals surface area (Å²) in [5, 5.41) is 1.71. The maximum atomic E-state index is 12.6. The second-order valence-electron chi connectivity index (χ2n) is 5.94. The molecule has 0 aliphatic carbocycles. The first-order valence-corrected chi connectivity index (χ1v) is 7.93. The van der Waals surface area contributed by atoms with E-state index in [0.29, 0.717) is 6.61 Å². The summed E-state index contributed by atoms with van der Waals surface area (Å²) in [6.07, 6.45) is 0.587. The molecule has 4 heteroatoms. The number of benzene rings is 2. The lowest BCUT2D eigenvalue weighted by Gasteiger charge is -2.14. The Morgan fingerprint density at radius 1 is 1.04 bits per heavy atom. The predicted octanol–water partition coefficient (Wildman–Crippen LogP) is 2.29. The van der Waals surface area contributed by atoms with Crippen LogP contribution >= 0.6 is 0 Å². The summed E-state index contributed by atoms with van der Waals surface area (Å²) in [6, 6.07) is 20.4. The smallest absolute Gasteiger partial charge is 0.298 e. The number of hydrogen-bond donors (Lipinski definition) is 0. The summed E-state index contributed by atoms with van der Waals surface area (Å²) in [4.78, 5) is 12.6. The highest BCUT2D eigenvalue weighted by atomic mass is 16.5. The standard InChI is InChI=1S/C19H19N2O2/c1-20-18(22)16-12-13-23-19(16)21(20)17(14-8-4-2-5-9-14)15-10-6-3-7-11-15/h2-11,16,19H,12-13H2,1H3/q+1/t16-,19-/m1/s1. The Balaban J connectivity index is 1.96. The van der Waals surface area contributed by atoms with Crippen LogP contribution in [0.25, 0.3) is 0 Å². The van der Waals surface area contributed by atoms with Crippen LogP contribution in [0.3, 0.4) is 0 Å². The Bertz CT molecular complexity index is 714. The molecule has 2 atom stereocenters. The summed E-state index contributed by atoms with van der Waals surface area (Å²) in [6.45, 7) is 0.641. The number of carbonyl (C=O) groups excluding carboxylic acids is 1. The van der Waals surface area contributed by atoms with Gasteiger partial charge in [-0.15, -0.1) is 5.01 Å². The van der Waals surface area contributed by atoms with Gasteiger partial charge < -0.3 is 4.74 Å². The Labute approximate surface area is 135 Å². The van der Waals surface area contributed by atoms with Crippen LogP contribution in [0.2, 0.25) is 0 Å². The maximum Gasteiger partial charge on any atom is 0.298 e. The minimum absolute atomic E-state index is 0.0672. The van der Waals surface area contributed by atoms with Crippen molar-refractivity contribution >= 4 is 11.6 Å². The van der Waals surface area contributed by atoms with Crippen LogP contribution in [-0.2, 0) is 9.53 Å². The number of hydrazine groups is 1. The van der Waals surface area contributed by atoms with E-state index in [2.05, 4.69) is 24.3 Å². The van der Waals surface area contributed by atoms with Gasteiger partial charge in [0.2, 0.25) is 5.71 Å². The molecule has 0 saturated carbocycles. The summed E-state index contributed by atoms with van der Waals surface area (Å²) >= 11 is 0. The molecule has 1 amide bonds. The van der Waals surface area contributed by atoms with Gasteiger partial charge in [0.25, 0.3) is 12.1 Å². The zero-order valence-electron chi connectivity index (χ0n) is 13.1. The van der Waals surface area contributed by atoms with Gasteiger partial charge in [0.15, 0.2) is 0 Å². The SMILES string of the molecule is CN1C(=O)[C@H]2CCO[C@H]2[N+]1=C(c1ccccc1)c1ccccc1. The third kappa shape index (κ3) is 2.26. The zero-order valence-corrected chi connectivity index (χ0v) is 13.1. The number of hydrogen-bond acceptors (Lipinski definition) is 2. The number of rotatable bonds is 2. The molecule has 2 saturated heterocycles. The Kier molecular flexibility index (Phi) is 3.46. The molecule has 0 N–H and O–H groups in total. The van der Waals surface area contributed by atoms with Crippen molar-refractivity contribution in [2.75, 3.05) is 13.7 Å². The Hall–Kier alpha value is -2.46. The molecular weight excluding hydrogens is 288 g/mol. The van der Waals surface area contributed by atoms with E-state index in [1.165, 1.54) is 0 Å². The normalized spacial score (nSPS) is 23.3. The van der Waals surface area contributed by atoms with Gasteiger partial charge in [0, 0.05) is 11.1 Å². The van der Waals surface area contributed by atoms with Crippen molar-refractivity contribution in [3.8, 4) is 0 Å². The molecule has 2 aliphatic heterocycles. The van der Waals surface area contributed by atoms with Crippen molar-refractivity contribution in [2.24, 2.45) is 5.92 Å². The molecule has 0 aromatic heterocycles. The molecule has 0 radical (unpaired) electrons. The Morgan fingerprint density at radius 3 is 2.17 bits per heavy atom. The van der Waals surface area contributed by atoms with E-state index >= 15 is 0 Å².